The SMILES string of the molecule is CCC(C)(C)N1CCCCCC1/C=C/c1ccccc1. The fraction of sp³-hybridized carbons (Fsp3) is 0.579. The average Bonchev–Trinajstić information content (AvgIpc) is 2.72. The number of rotatable bonds is 4. The minimum Gasteiger partial charge on any atom is -0.292 e. The summed E-state index contributed by atoms with van der Waals surface area (Å²) in [5.41, 5.74) is 1.61. The molecule has 0 aliphatic carbocycles. The van der Waals surface area contributed by atoms with Gasteiger partial charge in [-0.25, -0.2) is 0 Å². The van der Waals surface area contributed by atoms with Crippen LogP contribution in [0.3, 0.4) is 0 Å². The van der Waals surface area contributed by atoms with Crippen molar-refractivity contribution < 1.29 is 0 Å². The molecule has 1 unspecified atom stereocenters. The highest BCUT2D eigenvalue weighted by molar-refractivity contribution is 5.49. The molecular weight excluding hydrogens is 242 g/mol. The van der Waals surface area contributed by atoms with Crippen LogP contribution in [0, 0.1) is 0 Å². The van der Waals surface area contributed by atoms with Crippen molar-refractivity contribution in [3.63, 3.8) is 0 Å². The number of hydrogen-bond acceptors (Lipinski definition) is 1. The molecule has 1 aliphatic heterocycles. The Labute approximate surface area is 124 Å². The van der Waals surface area contributed by atoms with Gasteiger partial charge in [0.2, 0.25) is 0 Å². The molecule has 1 aliphatic rings. The van der Waals surface area contributed by atoms with E-state index in [2.05, 4.69) is 68.2 Å². The van der Waals surface area contributed by atoms with E-state index < -0.39 is 0 Å². The Morgan fingerprint density at radius 1 is 1.15 bits per heavy atom. The van der Waals surface area contributed by atoms with Gasteiger partial charge < -0.3 is 0 Å². The summed E-state index contributed by atoms with van der Waals surface area (Å²) in [6.07, 6.45) is 11.3. The van der Waals surface area contributed by atoms with Crippen molar-refractivity contribution in [1.29, 1.82) is 0 Å². The van der Waals surface area contributed by atoms with Crippen LogP contribution in [-0.4, -0.2) is 23.0 Å². The van der Waals surface area contributed by atoms with Crippen LogP contribution < -0.4 is 0 Å². The van der Waals surface area contributed by atoms with Gasteiger partial charge >= 0.3 is 0 Å². The monoisotopic (exact) mass is 271 g/mol. The maximum Gasteiger partial charge on any atom is 0.0286 e. The first kappa shape index (κ1) is 15.3. The van der Waals surface area contributed by atoms with Gasteiger partial charge in [-0.05, 0) is 45.2 Å². The first-order valence-electron chi connectivity index (χ1n) is 8.13. The molecule has 0 aromatic heterocycles. The van der Waals surface area contributed by atoms with Crippen LogP contribution in [0.5, 0.6) is 0 Å². The summed E-state index contributed by atoms with van der Waals surface area (Å²) < 4.78 is 0. The number of hydrogen-bond donors (Lipinski definition) is 0. The molecule has 2 rings (SSSR count). The zero-order valence-corrected chi connectivity index (χ0v) is 13.3. The van der Waals surface area contributed by atoms with Crippen molar-refractivity contribution in [3.8, 4) is 0 Å². The molecule has 0 amide bonds. The van der Waals surface area contributed by atoms with E-state index in [0.29, 0.717) is 11.6 Å². The third-order valence-corrected chi connectivity index (χ3v) is 4.75. The number of nitrogens with zero attached hydrogens (tertiary/aromatic N) is 1. The highest BCUT2D eigenvalue weighted by atomic mass is 15.2. The Morgan fingerprint density at radius 2 is 1.90 bits per heavy atom. The Hall–Kier alpha value is -1.08. The largest absolute Gasteiger partial charge is 0.292 e. The fourth-order valence-electron chi connectivity index (χ4n) is 3.08. The van der Waals surface area contributed by atoms with E-state index in [1.54, 1.807) is 0 Å². The molecular formula is C19H29N. The highest BCUT2D eigenvalue weighted by Gasteiger charge is 2.30. The zero-order chi connectivity index (χ0) is 14.4. The lowest BCUT2D eigenvalue weighted by molar-refractivity contribution is 0.0891. The Balaban J connectivity index is 2.14. The molecule has 1 aromatic carbocycles. The van der Waals surface area contributed by atoms with Crippen molar-refractivity contribution in [1.82, 2.24) is 4.90 Å². The summed E-state index contributed by atoms with van der Waals surface area (Å²) in [6.45, 7) is 8.33. The number of benzene rings is 1. The molecule has 20 heavy (non-hydrogen) atoms. The fourth-order valence-corrected chi connectivity index (χ4v) is 3.08. The molecule has 0 radical (unpaired) electrons. The van der Waals surface area contributed by atoms with Gasteiger partial charge in [0, 0.05) is 11.6 Å². The zero-order valence-electron chi connectivity index (χ0n) is 13.3. The van der Waals surface area contributed by atoms with Crippen molar-refractivity contribution >= 4 is 6.08 Å². The van der Waals surface area contributed by atoms with E-state index >= 15 is 0 Å². The van der Waals surface area contributed by atoms with Crippen LogP contribution in [0.2, 0.25) is 0 Å². The summed E-state index contributed by atoms with van der Waals surface area (Å²) in [6, 6.07) is 11.3. The van der Waals surface area contributed by atoms with Gasteiger partial charge in [-0.2, -0.15) is 0 Å². The first-order valence-corrected chi connectivity index (χ1v) is 8.13. The van der Waals surface area contributed by atoms with Gasteiger partial charge in [0.25, 0.3) is 0 Å². The van der Waals surface area contributed by atoms with Crippen molar-refractivity contribution in [2.45, 2.75) is 64.5 Å². The first-order chi connectivity index (χ1) is 9.63. The van der Waals surface area contributed by atoms with Gasteiger partial charge in [-0.15, -0.1) is 0 Å². The topological polar surface area (TPSA) is 3.24 Å². The van der Waals surface area contributed by atoms with Gasteiger partial charge in [0.1, 0.15) is 0 Å². The Morgan fingerprint density at radius 3 is 2.60 bits per heavy atom. The third kappa shape index (κ3) is 3.96. The van der Waals surface area contributed by atoms with E-state index in [1.807, 2.05) is 0 Å². The average molecular weight is 271 g/mol. The Kier molecular flexibility index (Phi) is 5.42. The van der Waals surface area contributed by atoms with Crippen molar-refractivity contribution in [2.75, 3.05) is 6.54 Å². The van der Waals surface area contributed by atoms with E-state index in [1.165, 1.54) is 44.2 Å². The van der Waals surface area contributed by atoms with E-state index in [4.69, 9.17) is 0 Å². The van der Waals surface area contributed by atoms with Crippen LogP contribution in [0.4, 0.5) is 0 Å². The van der Waals surface area contributed by atoms with Crippen LogP contribution in [0.1, 0.15) is 58.4 Å². The predicted molar refractivity (Wildman–Crippen MR) is 88.8 cm³/mol. The minimum atomic E-state index is 0.302. The lowest BCUT2D eigenvalue weighted by Crippen LogP contribution is -2.48. The van der Waals surface area contributed by atoms with Crippen LogP contribution >= 0.6 is 0 Å². The molecule has 0 saturated carbocycles. The van der Waals surface area contributed by atoms with Crippen molar-refractivity contribution in [3.05, 3.63) is 42.0 Å². The number of likely N-dealkylation sites (tertiary alicyclic amines) is 1. The lowest BCUT2D eigenvalue weighted by atomic mass is 9.95. The second-order valence-electron chi connectivity index (χ2n) is 6.55. The van der Waals surface area contributed by atoms with Crippen LogP contribution in [0.15, 0.2) is 36.4 Å². The lowest BCUT2D eigenvalue weighted by Gasteiger charge is -2.41. The summed E-state index contributed by atoms with van der Waals surface area (Å²) in [5, 5.41) is 0. The third-order valence-electron chi connectivity index (χ3n) is 4.75. The molecule has 1 heteroatoms. The molecule has 1 fully saturated rings. The summed E-state index contributed by atoms with van der Waals surface area (Å²) in [7, 11) is 0. The van der Waals surface area contributed by atoms with Crippen LogP contribution in [0.25, 0.3) is 6.08 Å². The smallest absolute Gasteiger partial charge is 0.0286 e. The molecule has 1 aromatic rings. The van der Waals surface area contributed by atoms with E-state index in [0.717, 1.165) is 0 Å². The molecule has 0 spiro atoms. The molecule has 1 heterocycles. The van der Waals surface area contributed by atoms with Gasteiger partial charge in [-0.3, -0.25) is 4.90 Å². The molecule has 1 saturated heterocycles. The quantitative estimate of drug-likeness (QED) is 0.733. The molecule has 1 atom stereocenters. The van der Waals surface area contributed by atoms with Crippen LogP contribution in [-0.2, 0) is 0 Å². The normalized spacial score (nSPS) is 22.1. The second kappa shape index (κ2) is 7.08. The highest BCUT2D eigenvalue weighted by Crippen LogP contribution is 2.28. The van der Waals surface area contributed by atoms with Gasteiger partial charge in [0.15, 0.2) is 0 Å². The van der Waals surface area contributed by atoms with Gasteiger partial charge in [0.05, 0.1) is 0 Å². The molecule has 1 nitrogen and oxygen atoms in total. The summed E-state index contributed by atoms with van der Waals surface area (Å²) in [5.74, 6) is 0. The standard InChI is InChI=1S/C19H29N/c1-4-19(2,3)20-16-10-6-9-13-18(20)15-14-17-11-7-5-8-12-17/h5,7-8,11-12,14-15,18H,4,6,9-10,13,16H2,1-3H3/b15-14+. The Bertz CT molecular complexity index is 419. The molecule has 0 N–H and O–H groups in total. The summed E-state index contributed by atoms with van der Waals surface area (Å²) >= 11 is 0. The second-order valence-corrected chi connectivity index (χ2v) is 6.55. The van der Waals surface area contributed by atoms with E-state index in [9.17, 15) is 0 Å². The summed E-state index contributed by atoms with van der Waals surface area (Å²) in [4.78, 5) is 2.72. The maximum atomic E-state index is 2.72. The minimum absolute atomic E-state index is 0.302. The van der Waals surface area contributed by atoms with Crippen molar-refractivity contribution in [2.24, 2.45) is 0 Å². The maximum absolute atomic E-state index is 2.72. The molecule has 110 valence electrons. The molecule has 0 bridgehead atoms. The van der Waals surface area contributed by atoms with Gasteiger partial charge in [-0.1, -0.05) is 62.2 Å². The predicted octanol–water partition coefficient (Wildman–Crippen LogP) is 5.13. The van der Waals surface area contributed by atoms with E-state index in [-0.39, 0.29) is 0 Å².